The SMILES string of the molecule is CCCCn1[nH]c(C2CC2)c(N)c1=O. The molecule has 0 atom stereocenters. The first-order chi connectivity index (χ1) is 6.74. The molecule has 0 amide bonds. The lowest BCUT2D eigenvalue weighted by atomic mass is 10.3. The van der Waals surface area contributed by atoms with Crippen LogP contribution in [0.1, 0.15) is 44.2 Å². The highest BCUT2D eigenvalue weighted by molar-refractivity contribution is 5.44. The number of aryl methyl sites for hydroxylation is 1. The highest BCUT2D eigenvalue weighted by atomic mass is 16.1. The van der Waals surface area contributed by atoms with E-state index in [0.717, 1.165) is 37.9 Å². The standard InChI is InChI=1S/C10H17N3O/c1-2-3-6-13-10(14)8(11)9(12-13)7-4-5-7/h7,12H,2-6,11H2,1H3. The molecular weight excluding hydrogens is 178 g/mol. The van der Waals surface area contributed by atoms with Gasteiger partial charge in [0.25, 0.3) is 5.56 Å². The van der Waals surface area contributed by atoms with Crippen molar-refractivity contribution >= 4 is 5.69 Å². The van der Waals surface area contributed by atoms with E-state index in [-0.39, 0.29) is 5.56 Å². The minimum Gasteiger partial charge on any atom is -0.393 e. The topological polar surface area (TPSA) is 63.8 Å². The molecule has 0 saturated heterocycles. The normalized spacial score (nSPS) is 16.1. The molecule has 1 saturated carbocycles. The number of nitrogens with zero attached hydrogens (tertiary/aromatic N) is 1. The number of rotatable bonds is 4. The van der Waals surface area contributed by atoms with E-state index in [0.29, 0.717) is 11.6 Å². The first kappa shape index (κ1) is 9.37. The Bertz CT molecular complexity index is 373. The minimum atomic E-state index is -0.0413. The summed E-state index contributed by atoms with van der Waals surface area (Å²) in [4.78, 5) is 11.6. The summed E-state index contributed by atoms with van der Waals surface area (Å²) in [5, 5.41) is 3.13. The van der Waals surface area contributed by atoms with Crippen molar-refractivity contribution in [2.24, 2.45) is 0 Å². The predicted molar refractivity (Wildman–Crippen MR) is 56.3 cm³/mol. The maximum Gasteiger partial charge on any atom is 0.289 e. The lowest BCUT2D eigenvalue weighted by Crippen LogP contribution is -2.18. The fourth-order valence-electron chi connectivity index (χ4n) is 1.67. The fourth-order valence-corrected chi connectivity index (χ4v) is 1.67. The number of aromatic nitrogens is 2. The van der Waals surface area contributed by atoms with Gasteiger partial charge in [0.15, 0.2) is 0 Å². The fraction of sp³-hybridized carbons (Fsp3) is 0.700. The van der Waals surface area contributed by atoms with Crippen molar-refractivity contribution in [2.75, 3.05) is 5.73 Å². The van der Waals surface area contributed by atoms with Crippen LogP contribution in [0, 0.1) is 0 Å². The molecule has 0 aromatic carbocycles. The van der Waals surface area contributed by atoms with Crippen molar-refractivity contribution < 1.29 is 0 Å². The van der Waals surface area contributed by atoms with Gasteiger partial charge in [0, 0.05) is 12.5 Å². The zero-order valence-electron chi connectivity index (χ0n) is 8.55. The predicted octanol–water partition coefficient (Wildman–Crippen LogP) is 1.44. The first-order valence-corrected chi connectivity index (χ1v) is 5.32. The van der Waals surface area contributed by atoms with Gasteiger partial charge in [-0.1, -0.05) is 13.3 Å². The van der Waals surface area contributed by atoms with Gasteiger partial charge in [-0.05, 0) is 19.3 Å². The number of nitrogens with one attached hydrogen (secondary N) is 1. The van der Waals surface area contributed by atoms with E-state index in [1.807, 2.05) is 0 Å². The quantitative estimate of drug-likeness (QED) is 0.763. The Morgan fingerprint density at radius 2 is 2.29 bits per heavy atom. The van der Waals surface area contributed by atoms with Crippen LogP contribution < -0.4 is 11.3 Å². The smallest absolute Gasteiger partial charge is 0.289 e. The van der Waals surface area contributed by atoms with E-state index in [4.69, 9.17) is 5.73 Å². The Kier molecular flexibility index (Phi) is 2.35. The van der Waals surface area contributed by atoms with Gasteiger partial charge >= 0.3 is 0 Å². The van der Waals surface area contributed by atoms with Gasteiger partial charge in [0.05, 0.1) is 5.69 Å². The van der Waals surface area contributed by atoms with Crippen LogP contribution in [0.25, 0.3) is 0 Å². The van der Waals surface area contributed by atoms with Crippen LogP contribution in [-0.2, 0) is 6.54 Å². The van der Waals surface area contributed by atoms with Gasteiger partial charge in [0.1, 0.15) is 5.69 Å². The van der Waals surface area contributed by atoms with E-state index in [9.17, 15) is 4.79 Å². The molecule has 78 valence electrons. The summed E-state index contributed by atoms with van der Waals surface area (Å²) < 4.78 is 1.65. The van der Waals surface area contributed by atoms with Gasteiger partial charge in [-0.25, -0.2) is 0 Å². The molecular formula is C10H17N3O. The molecule has 0 spiro atoms. The van der Waals surface area contributed by atoms with Gasteiger partial charge in [0.2, 0.25) is 0 Å². The zero-order valence-corrected chi connectivity index (χ0v) is 8.55. The van der Waals surface area contributed by atoms with Crippen molar-refractivity contribution in [3.8, 4) is 0 Å². The third-order valence-corrected chi connectivity index (χ3v) is 2.74. The lowest BCUT2D eigenvalue weighted by molar-refractivity contribution is 0.552. The molecule has 4 heteroatoms. The second kappa shape index (κ2) is 3.52. The Morgan fingerprint density at radius 3 is 2.86 bits per heavy atom. The molecule has 3 N–H and O–H groups in total. The van der Waals surface area contributed by atoms with Crippen molar-refractivity contribution in [2.45, 2.75) is 45.1 Å². The van der Waals surface area contributed by atoms with Gasteiger partial charge in [-0.15, -0.1) is 0 Å². The molecule has 4 nitrogen and oxygen atoms in total. The summed E-state index contributed by atoms with van der Waals surface area (Å²) in [7, 11) is 0. The molecule has 1 aliphatic rings. The third-order valence-electron chi connectivity index (χ3n) is 2.74. The molecule has 1 aliphatic carbocycles. The molecule has 0 bridgehead atoms. The largest absolute Gasteiger partial charge is 0.393 e. The van der Waals surface area contributed by atoms with Gasteiger partial charge < -0.3 is 5.73 Å². The van der Waals surface area contributed by atoms with Gasteiger partial charge in [-0.2, -0.15) is 0 Å². The van der Waals surface area contributed by atoms with Crippen molar-refractivity contribution in [3.05, 3.63) is 16.0 Å². The van der Waals surface area contributed by atoms with E-state index < -0.39 is 0 Å². The highest BCUT2D eigenvalue weighted by Gasteiger charge is 2.29. The number of hydrogen-bond donors (Lipinski definition) is 2. The van der Waals surface area contributed by atoms with Crippen molar-refractivity contribution in [3.63, 3.8) is 0 Å². The summed E-state index contributed by atoms with van der Waals surface area (Å²) in [5.74, 6) is 0.519. The van der Waals surface area contributed by atoms with E-state index in [1.54, 1.807) is 4.68 Å². The Hall–Kier alpha value is -1.19. The molecule has 14 heavy (non-hydrogen) atoms. The Balaban J connectivity index is 2.23. The number of unbranched alkanes of at least 4 members (excludes halogenated alkanes) is 1. The van der Waals surface area contributed by atoms with Crippen LogP contribution >= 0.6 is 0 Å². The van der Waals surface area contributed by atoms with E-state index >= 15 is 0 Å². The van der Waals surface area contributed by atoms with Crippen molar-refractivity contribution in [1.29, 1.82) is 0 Å². The monoisotopic (exact) mass is 195 g/mol. The minimum absolute atomic E-state index is 0.0413. The first-order valence-electron chi connectivity index (χ1n) is 5.32. The zero-order chi connectivity index (χ0) is 10.1. The molecule has 2 rings (SSSR count). The van der Waals surface area contributed by atoms with E-state index in [2.05, 4.69) is 12.0 Å². The van der Waals surface area contributed by atoms with Crippen molar-refractivity contribution in [1.82, 2.24) is 9.78 Å². The molecule has 0 radical (unpaired) electrons. The van der Waals surface area contributed by atoms with Crippen LogP contribution in [0.4, 0.5) is 5.69 Å². The summed E-state index contributed by atoms with van der Waals surface area (Å²) in [6.45, 7) is 2.87. The molecule has 1 aromatic heterocycles. The molecule has 0 aliphatic heterocycles. The molecule has 1 aromatic rings. The maximum absolute atomic E-state index is 11.6. The maximum atomic E-state index is 11.6. The number of hydrogen-bond acceptors (Lipinski definition) is 2. The van der Waals surface area contributed by atoms with Crippen LogP contribution in [0.15, 0.2) is 4.79 Å². The highest BCUT2D eigenvalue weighted by Crippen LogP contribution is 2.40. The number of aromatic amines is 1. The van der Waals surface area contributed by atoms with Gasteiger partial charge in [-0.3, -0.25) is 14.6 Å². The number of nitrogen functional groups attached to an aromatic ring is 1. The molecule has 1 fully saturated rings. The number of nitrogens with two attached hydrogens (primary N) is 1. The lowest BCUT2D eigenvalue weighted by Gasteiger charge is -1.98. The Morgan fingerprint density at radius 1 is 1.57 bits per heavy atom. The van der Waals surface area contributed by atoms with E-state index in [1.165, 1.54) is 0 Å². The summed E-state index contributed by atoms with van der Waals surface area (Å²) >= 11 is 0. The third kappa shape index (κ3) is 1.56. The summed E-state index contributed by atoms with van der Waals surface area (Å²) in [6, 6.07) is 0. The van der Waals surface area contributed by atoms with Crippen LogP contribution in [0.2, 0.25) is 0 Å². The Labute approximate surface area is 83.1 Å². The summed E-state index contributed by atoms with van der Waals surface area (Å²) in [6.07, 6.45) is 4.43. The average molecular weight is 195 g/mol. The number of anilines is 1. The van der Waals surface area contributed by atoms with Crippen LogP contribution in [0.3, 0.4) is 0 Å². The second-order valence-electron chi connectivity index (χ2n) is 4.02. The molecule has 1 heterocycles. The van der Waals surface area contributed by atoms with Crippen LogP contribution in [-0.4, -0.2) is 9.78 Å². The average Bonchev–Trinajstić information content (AvgIpc) is 2.96. The second-order valence-corrected chi connectivity index (χ2v) is 4.02. The molecule has 0 unspecified atom stereocenters. The number of H-pyrrole nitrogens is 1. The summed E-state index contributed by atoms with van der Waals surface area (Å²) in [5.41, 5.74) is 7.11. The van der Waals surface area contributed by atoms with Crippen LogP contribution in [0.5, 0.6) is 0 Å².